The molecule has 0 fully saturated rings. The first-order valence-electron chi connectivity index (χ1n) is 5.18. The fourth-order valence-corrected chi connectivity index (χ4v) is 1.98. The van der Waals surface area contributed by atoms with E-state index in [0.29, 0.717) is 22.2 Å². The van der Waals surface area contributed by atoms with Crippen LogP contribution in [-0.2, 0) is 4.79 Å². The molecule has 0 unspecified atom stereocenters. The zero-order valence-corrected chi connectivity index (χ0v) is 10.4. The molecule has 1 heterocycles. The van der Waals surface area contributed by atoms with E-state index in [2.05, 4.69) is 4.74 Å². The van der Waals surface area contributed by atoms with Gasteiger partial charge < -0.3 is 9.47 Å². The molecule has 1 aromatic carbocycles. The maximum absolute atomic E-state index is 11.8. The van der Waals surface area contributed by atoms with Gasteiger partial charge in [0.05, 0.1) is 5.56 Å². The van der Waals surface area contributed by atoms with Crippen LogP contribution in [0.5, 0.6) is 10.1 Å². The number of aryl methyl sites for hydroxylation is 1. The lowest BCUT2D eigenvalue weighted by Crippen LogP contribution is -2.07. The van der Waals surface area contributed by atoms with Crippen LogP contribution in [0.2, 0.25) is 0 Å². The van der Waals surface area contributed by atoms with Gasteiger partial charge in [-0.1, -0.05) is 29.0 Å². The standard InChI is InChI=1S/C13H10O4S/c1-9-2-4-10(5-3-9)13(15)17-12-7-6-11(18-12)16-8-14/h2-8H,1H3. The lowest BCUT2D eigenvalue weighted by atomic mass is 10.1. The van der Waals surface area contributed by atoms with Crippen LogP contribution in [0.3, 0.4) is 0 Å². The molecule has 0 amide bonds. The summed E-state index contributed by atoms with van der Waals surface area (Å²) in [6, 6.07) is 10.2. The van der Waals surface area contributed by atoms with E-state index in [1.54, 1.807) is 24.3 Å². The monoisotopic (exact) mass is 262 g/mol. The summed E-state index contributed by atoms with van der Waals surface area (Å²) in [5.74, 6) is -0.436. The van der Waals surface area contributed by atoms with Crippen molar-refractivity contribution < 1.29 is 19.1 Å². The molecule has 0 saturated carbocycles. The lowest BCUT2D eigenvalue weighted by Gasteiger charge is -2.01. The number of ether oxygens (including phenoxy) is 2. The Morgan fingerprint density at radius 3 is 2.44 bits per heavy atom. The molecular formula is C13H10O4S. The van der Waals surface area contributed by atoms with Crippen LogP contribution in [-0.4, -0.2) is 12.4 Å². The second-order valence-corrected chi connectivity index (χ2v) is 4.55. The fourth-order valence-electron chi connectivity index (χ4n) is 1.31. The second-order valence-electron chi connectivity index (χ2n) is 3.54. The third-order valence-corrected chi connectivity index (χ3v) is 3.06. The number of hydrogen-bond donors (Lipinski definition) is 0. The summed E-state index contributed by atoms with van der Waals surface area (Å²) in [6.07, 6.45) is 0. The molecule has 0 aliphatic heterocycles. The highest BCUT2D eigenvalue weighted by Crippen LogP contribution is 2.31. The van der Waals surface area contributed by atoms with Crippen LogP contribution in [0.1, 0.15) is 15.9 Å². The Balaban J connectivity index is 2.06. The van der Waals surface area contributed by atoms with Gasteiger partial charge in [-0.15, -0.1) is 0 Å². The van der Waals surface area contributed by atoms with Crippen molar-refractivity contribution in [2.75, 3.05) is 0 Å². The molecule has 1 aromatic heterocycles. The van der Waals surface area contributed by atoms with Crippen LogP contribution in [0.25, 0.3) is 0 Å². The third kappa shape index (κ3) is 2.95. The molecule has 0 radical (unpaired) electrons. The Bertz CT molecular complexity index is 557. The van der Waals surface area contributed by atoms with Crippen molar-refractivity contribution in [1.29, 1.82) is 0 Å². The van der Waals surface area contributed by atoms with Gasteiger partial charge in [0.15, 0.2) is 10.1 Å². The third-order valence-electron chi connectivity index (χ3n) is 2.20. The van der Waals surface area contributed by atoms with E-state index in [9.17, 15) is 9.59 Å². The van der Waals surface area contributed by atoms with E-state index in [4.69, 9.17) is 4.74 Å². The van der Waals surface area contributed by atoms with E-state index in [-0.39, 0.29) is 0 Å². The summed E-state index contributed by atoms with van der Waals surface area (Å²) in [7, 11) is 0. The largest absolute Gasteiger partial charge is 0.418 e. The molecule has 4 nitrogen and oxygen atoms in total. The van der Waals surface area contributed by atoms with Crippen LogP contribution in [0.15, 0.2) is 36.4 Å². The Labute approximate surface area is 108 Å². The summed E-state index contributed by atoms with van der Waals surface area (Å²) in [5.41, 5.74) is 1.55. The lowest BCUT2D eigenvalue weighted by molar-refractivity contribution is -0.120. The number of carbonyl (C=O) groups is 2. The van der Waals surface area contributed by atoms with Crippen molar-refractivity contribution in [3.63, 3.8) is 0 Å². The van der Waals surface area contributed by atoms with Crippen molar-refractivity contribution in [3.05, 3.63) is 47.5 Å². The predicted octanol–water partition coefficient (Wildman–Crippen LogP) is 2.81. The minimum absolute atomic E-state index is 0.331. The molecule has 2 aromatic rings. The number of thiophene rings is 1. The molecule has 0 saturated heterocycles. The minimum atomic E-state index is -0.436. The molecule has 5 heteroatoms. The molecule has 0 spiro atoms. The van der Waals surface area contributed by atoms with E-state index >= 15 is 0 Å². The van der Waals surface area contributed by atoms with Gasteiger partial charge in [0.1, 0.15) is 0 Å². The average molecular weight is 262 g/mol. The summed E-state index contributed by atoms with van der Waals surface area (Å²) in [5, 5.41) is 0.772. The Morgan fingerprint density at radius 2 is 1.78 bits per heavy atom. The van der Waals surface area contributed by atoms with Crippen LogP contribution < -0.4 is 9.47 Å². The number of rotatable bonds is 4. The zero-order chi connectivity index (χ0) is 13.0. The molecule has 0 bridgehead atoms. The van der Waals surface area contributed by atoms with E-state index < -0.39 is 5.97 Å². The van der Waals surface area contributed by atoms with Crippen molar-refractivity contribution >= 4 is 23.8 Å². The molecule has 92 valence electrons. The van der Waals surface area contributed by atoms with E-state index in [0.717, 1.165) is 16.9 Å². The number of hydrogen-bond acceptors (Lipinski definition) is 5. The van der Waals surface area contributed by atoms with Gasteiger partial charge in [0, 0.05) is 0 Å². The number of benzene rings is 1. The van der Waals surface area contributed by atoms with Crippen molar-refractivity contribution in [3.8, 4) is 10.1 Å². The van der Waals surface area contributed by atoms with Crippen molar-refractivity contribution in [2.45, 2.75) is 6.92 Å². The number of esters is 1. The van der Waals surface area contributed by atoms with Gasteiger partial charge in [-0.2, -0.15) is 0 Å². The highest BCUT2D eigenvalue weighted by Gasteiger charge is 2.10. The average Bonchev–Trinajstić information content (AvgIpc) is 2.78. The summed E-state index contributed by atoms with van der Waals surface area (Å²) in [6.45, 7) is 2.27. The Hall–Kier alpha value is -2.14. The first-order valence-corrected chi connectivity index (χ1v) is 5.99. The second kappa shape index (κ2) is 5.46. The van der Waals surface area contributed by atoms with Gasteiger partial charge >= 0.3 is 5.97 Å². The fraction of sp³-hybridized carbons (Fsp3) is 0.0769. The van der Waals surface area contributed by atoms with Gasteiger partial charge in [-0.25, -0.2) is 4.79 Å². The highest BCUT2D eigenvalue weighted by atomic mass is 32.1. The molecule has 2 rings (SSSR count). The number of carbonyl (C=O) groups excluding carboxylic acids is 2. The predicted molar refractivity (Wildman–Crippen MR) is 67.1 cm³/mol. The molecule has 0 aliphatic carbocycles. The van der Waals surface area contributed by atoms with Crippen molar-refractivity contribution in [1.82, 2.24) is 0 Å². The molecule has 0 aliphatic rings. The van der Waals surface area contributed by atoms with Crippen LogP contribution >= 0.6 is 11.3 Å². The molecule has 18 heavy (non-hydrogen) atoms. The van der Waals surface area contributed by atoms with Crippen LogP contribution in [0, 0.1) is 6.92 Å². The summed E-state index contributed by atoms with van der Waals surface area (Å²) in [4.78, 5) is 21.9. The van der Waals surface area contributed by atoms with E-state index in [1.165, 1.54) is 0 Å². The van der Waals surface area contributed by atoms with Gasteiger partial charge in [0.25, 0.3) is 6.47 Å². The van der Waals surface area contributed by atoms with Crippen molar-refractivity contribution in [2.24, 2.45) is 0 Å². The first kappa shape index (κ1) is 12.3. The Morgan fingerprint density at radius 1 is 1.11 bits per heavy atom. The van der Waals surface area contributed by atoms with Gasteiger partial charge in [-0.3, -0.25) is 4.79 Å². The maximum atomic E-state index is 11.8. The van der Waals surface area contributed by atoms with Gasteiger partial charge in [0.2, 0.25) is 0 Å². The van der Waals surface area contributed by atoms with E-state index in [1.807, 2.05) is 19.1 Å². The molecular weight excluding hydrogens is 252 g/mol. The normalized spacial score (nSPS) is 9.83. The topological polar surface area (TPSA) is 52.6 Å². The van der Waals surface area contributed by atoms with Crippen LogP contribution in [0.4, 0.5) is 0 Å². The summed E-state index contributed by atoms with van der Waals surface area (Å²) < 4.78 is 9.79. The minimum Gasteiger partial charge on any atom is -0.418 e. The molecule has 0 N–H and O–H groups in total. The summed E-state index contributed by atoms with van der Waals surface area (Å²) >= 11 is 1.09. The first-order chi connectivity index (χ1) is 8.69. The molecule has 0 atom stereocenters. The maximum Gasteiger partial charge on any atom is 0.344 e. The quantitative estimate of drug-likeness (QED) is 0.628. The zero-order valence-electron chi connectivity index (χ0n) is 9.58. The van der Waals surface area contributed by atoms with Gasteiger partial charge in [-0.05, 0) is 31.2 Å². The smallest absolute Gasteiger partial charge is 0.344 e. The SMILES string of the molecule is Cc1ccc(C(=O)Oc2ccc(OC=O)s2)cc1. The highest BCUT2D eigenvalue weighted by molar-refractivity contribution is 7.15. The Kier molecular flexibility index (Phi) is 3.74.